The third kappa shape index (κ3) is 5.51. The number of carbonyl (C=O) groups is 3. The van der Waals surface area contributed by atoms with E-state index >= 15 is 0 Å². The highest BCUT2D eigenvalue weighted by Crippen LogP contribution is 2.07. The molecule has 0 aliphatic carbocycles. The Hall–Kier alpha value is -2.44. The summed E-state index contributed by atoms with van der Waals surface area (Å²) in [5.41, 5.74) is 0.525. The lowest BCUT2D eigenvalue weighted by atomic mass is 10.0. The van der Waals surface area contributed by atoms with Gasteiger partial charge in [-0.3, -0.25) is 9.59 Å². The van der Waals surface area contributed by atoms with E-state index in [1.54, 1.807) is 13.0 Å². The second kappa shape index (κ2) is 8.11. The van der Waals surface area contributed by atoms with Gasteiger partial charge in [-0.05, 0) is 24.1 Å². The summed E-state index contributed by atoms with van der Waals surface area (Å²) in [7, 11) is 0. The third-order valence-electron chi connectivity index (χ3n) is 3.05. The first-order valence-electron chi connectivity index (χ1n) is 6.88. The fourth-order valence-corrected chi connectivity index (χ4v) is 1.97. The second-order valence-corrected chi connectivity index (χ2v) is 4.89. The van der Waals surface area contributed by atoms with E-state index in [1.807, 2.05) is 0 Å². The van der Waals surface area contributed by atoms with Gasteiger partial charge in [0.2, 0.25) is 11.8 Å². The van der Waals surface area contributed by atoms with Crippen LogP contribution in [0.15, 0.2) is 24.3 Å². The quantitative estimate of drug-likeness (QED) is 0.696. The summed E-state index contributed by atoms with van der Waals surface area (Å²) in [6.45, 7) is 2.87. The lowest BCUT2D eigenvalue weighted by molar-refractivity contribution is -0.142. The highest BCUT2D eigenvalue weighted by Gasteiger charge is 2.25. The predicted octanol–water partition coefficient (Wildman–Crippen LogP) is 0.852. The first-order chi connectivity index (χ1) is 10.3. The summed E-state index contributed by atoms with van der Waals surface area (Å²) in [4.78, 5) is 34.3. The van der Waals surface area contributed by atoms with Gasteiger partial charge < -0.3 is 15.7 Å². The Morgan fingerprint density at radius 3 is 2.41 bits per heavy atom. The molecule has 0 radical (unpaired) electrons. The molecule has 7 heteroatoms. The Kier molecular flexibility index (Phi) is 6.49. The van der Waals surface area contributed by atoms with E-state index in [1.165, 1.54) is 25.1 Å². The number of halogens is 1. The van der Waals surface area contributed by atoms with Gasteiger partial charge in [-0.25, -0.2) is 9.18 Å². The van der Waals surface area contributed by atoms with E-state index in [-0.39, 0.29) is 12.8 Å². The largest absolute Gasteiger partial charge is 0.480 e. The predicted molar refractivity (Wildman–Crippen MR) is 77.6 cm³/mol. The SMILES string of the molecule is CC[C@H](NC(=O)[C@@H](Cc1cccc(F)c1)NC(C)=O)C(=O)O. The van der Waals surface area contributed by atoms with Gasteiger partial charge in [0.25, 0.3) is 0 Å². The molecule has 2 atom stereocenters. The van der Waals surface area contributed by atoms with E-state index < -0.39 is 35.7 Å². The molecule has 22 heavy (non-hydrogen) atoms. The van der Waals surface area contributed by atoms with Crippen LogP contribution in [0, 0.1) is 5.82 Å². The monoisotopic (exact) mass is 310 g/mol. The van der Waals surface area contributed by atoms with E-state index in [0.717, 1.165) is 0 Å². The Labute approximate surface area is 127 Å². The molecule has 0 saturated carbocycles. The smallest absolute Gasteiger partial charge is 0.326 e. The number of rotatable bonds is 7. The molecule has 0 heterocycles. The Morgan fingerprint density at radius 1 is 1.23 bits per heavy atom. The van der Waals surface area contributed by atoms with Crippen molar-refractivity contribution in [3.05, 3.63) is 35.6 Å². The van der Waals surface area contributed by atoms with Crippen molar-refractivity contribution in [1.29, 1.82) is 0 Å². The van der Waals surface area contributed by atoms with E-state index in [9.17, 15) is 18.8 Å². The van der Waals surface area contributed by atoms with Crippen molar-refractivity contribution in [2.45, 2.75) is 38.8 Å². The van der Waals surface area contributed by atoms with Crippen LogP contribution in [-0.4, -0.2) is 35.0 Å². The molecule has 0 saturated heterocycles. The molecular formula is C15H19FN2O4. The zero-order valence-corrected chi connectivity index (χ0v) is 12.4. The molecule has 2 amide bonds. The van der Waals surface area contributed by atoms with Crippen LogP contribution in [0.25, 0.3) is 0 Å². The Balaban J connectivity index is 2.85. The van der Waals surface area contributed by atoms with Gasteiger partial charge in [0.1, 0.15) is 17.9 Å². The molecule has 6 nitrogen and oxygen atoms in total. The number of hydrogen-bond donors (Lipinski definition) is 3. The van der Waals surface area contributed by atoms with Crippen LogP contribution in [0.3, 0.4) is 0 Å². The summed E-state index contributed by atoms with van der Waals surface area (Å²) in [5, 5.41) is 13.8. The zero-order valence-electron chi connectivity index (χ0n) is 12.4. The molecule has 1 rings (SSSR count). The molecule has 0 fully saturated rings. The van der Waals surface area contributed by atoms with Gasteiger partial charge in [-0.1, -0.05) is 19.1 Å². The molecule has 0 unspecified atom stereocenters. The van der Waals surface area contributed by atoms with Gasteiger partial charge in [-0.2, -0.15) is 0 Å². The lowest BCUT2D eigenvalue weighted by Crippen LogP contribution is -2.52. The standard InChI is InChI=1S/C15H19FN2O4/c1-3-12(15(21)22)18-14(20)13(17-9(2)19)8-10-5-4-6-11(16)7-10/h4-7,12-13H,3,8H2,1-2H3,(H,17,19)(H,18,20)(H,21,22)/t12-,13+/m0/s1. The fourth-order valence-electron chi connectivity index (χ4n) is 1.97. The van der Waals surface area contributed by atoms with E-state index in [0.29, 0.717) is 5.56 Å². The van der Waals surface area contributed by atoms with Crippen molar-refractivity contribution in [1.82, 2.24) is 10.6 Å². The highest BCUT2D eigenvalue weighted by molar-refractivity contribution is 5.90. The maximum atomic E-state index is 13.2. The van der Waals surface area contributed by atoms with Crippen LogP contribution in [0.2, 0.25) is 0 Å². The normalized spacial score (nSPS) is 13.0. The molecule has 1 aromatic rings. The maximum absolute atomic E-state index is 13.2. The van der Waals surface area contributed by atoms with Crippen molar-refractivity contribution in [3.8, 4) is 0 Å². The highest BCUT2D eigenvalue weighted by atomic mass is 19.1. The van der Waals surface area contributed by atoms with Gasteiger partial charge in [0.15, 0.2) is 0 Å². The molecule has 0 aliphatic rings. The van der Waals surface area contributed by atoms with Gasteiger partial charge in [0.05, 0.1) is 0 Å². The van der Waals surface area contributed by atoms with Crippen molar-refractivity contribution >= 4 is 17.8 Å². The molecule has 0 bridgehead atoms. The number of nitrogens with one attached hydrogen (secondary N) is 2. The fraction of sp³-hybridized carbons (Fsp3) is 0.400. The molecular weight excluding hydrogens is 291 g/mol. The molecule has 0 spiro atoms. The number of hydrogen-bond acceptors (Lipinski definition) is 3. The average Bonchev–Trinajstić information content (AvgIpc) is 2.43. The van der Waals surface area contributed by atoms with Crippen molar-refractivity contribution in [2.75, 3.05) is 0 Å². The second-order valence-electron chi connectivity index (χ2n) is 4.89. The van der Waals surface area contributed by atoms with Gasteiger partial charge >= 0.3 is 5.97 Å². The van der Waals surface area contributed by atoms with Gasteiger partial charge in [-0.15, -0.1) is 0 Å². The Morgan fingerprint density at radius 2 is 1.91 bits per heavy atom. The molecule has 120 valence electrons. The lowest BCUT2D eigenvalue weighted by Gasteiger charge is -2.20. The van der Waals surface area contributed by atoms with Crippen molar-refractivity contribution < 1.29 is 23.9 Å². The average molecular weight is 310 g/mol. The number of carbonyl (C=O) groups excluding carboxylic acids is 2. The molecule has 1 aromatic carbocycles. The number of aliphatic carboxylic acids is 1. The minimum atomic E-state index is -1.15. The van der Waals surface area contributed by atoms with Crippen LogP contribution in [0.5, 0.6) is 0 Å². The minimum absolute atomic E-state index is 0.0687. The number of amides is 2. The summed E-state index contributed by atoms with van der Waals surface area (Å²) < 4.78 is 13.2. The molecule has 3 N–H and O–H groups in total. The van der Waals surface area contributed by atoms with Crippen LogP contribution in [0.1, 0.15) is 25.8 Å². The third-order valence-corrected chi connectivity index (χ3v) is 3.05. The van der Waals surface area contributed by atoms with E-state index in [2.05, 4.69) is 10.6 Å². The van der Waals surface area contributed by atoms with Crippen molar-refractivity contribution in [2.24, 2.45) is 0 Å². The van der Waals surface area contributed by atoms with Crippen LogP contribution < -0.4 is 10.6 Å². The van der Waals surface area contributed by atoms with Crippen LogP contribution >= 0.6 is 0 Å². The first kappa shape index (κ1) is 17.6. The van der Waals surface area contributed by atoms with Crippen LogP contribution in [-0.2, 0) is 20.8 Å². The Bertz CT molecular complexity index is 562. The van der Waals surface area contributed by atoms with E-state index in [4.69, 9.17) is 5.11 Å². The summed E-state index contributed by atoms with van der Waals surface area (Å²) >= 11 is 0. The van der Waals surface area contributed by atoms with Crippen molar-refractivity contribution in [3.63, 3.8) is 0 Å². The maximum Gasteiger partial charge on any atom is 0.326 e. The number of carboxylic acid groups (broad SMARTS) is 1. The molecule has 0 aromatic heterocycles. The van der Waals surface area contributed by atoms with Gasteiger partial charge in [0, 0.05) is 13.3 Å². The minimum Gasteiger partial charge on any atom is -0.480 e. The first-order valence-corrected chi connectivity index (χ1v) is 6.88. The molecule has 0 aliphatic heterocycles. The zero-order chi connectivity index (χ0) is 16.7. The summed E-state index contributed by atoms with van der Waals surface area (Å²) in [6, 6.07) is 3.66. The topological polar surface area (TPSA) is 95.5 Å². The van der Waals surface area contributed by atoms with Crippen LogP contribution in [0.4, 0.5) is 4.39 Å². The summed E-state index contributed by atoms with van der Waals surface area (Å²) in [5.74, 6) is -2.65. The summed E-state index contributed by atoms with van der Waals surface area (Å²) in [6.07, 6.45) is 0.285. The number of benzene rings is 1. The number of carboxylic acids is 1.